The molecule has 3 aromatic rings. The van der Waals surface area contributed by atoms with Gasteiger partial charge in [0.15, 0.2) is 5.78 Å². The van der Waals surface area contributed by atoms with E-state index in [1.54, 1.807) is 0 Å². The van der Waals surface area contributed by atoms with Crippen LogP contribution in [0.2, 0.25) is 5.02 Å². The van der Waals surface area contributed by atoms with E-state index in [1.807, 2.05) is 60.7 Å². The van der Waals surface area contributed by atoms with Crippen LogP contribution in [0.1, 0.15) is 22.5 Å². The molecule has 1 fully saturated rings. The third-order valence-electron chi connectivity index (χ3n) is 4.95. The number of carbonyl (C=O) groups is 1. The van der Waals surface area contributed by atoms with Crippen molar-refractivity contribution in [3.8, 4) is 11.3 Å². The van der Waals surface area contributed by atoms with Crippen LogP contribution in [0.25, 0.3) is 11.3 Å². The minimum absolute atomic E-state index is 0.123. The second-order valence-electron chi connectivity index (χ2n) is 6.84. The minimum atomic E-state index is 0.123. The van der Waals surface area contributed by atoms with Crippen molar-refractivity contribution >= 4 is 23.1 Å². The summed E-state index contributed by atoms with van der Waals surface area (Å²) in [7, 11) is 0. The van der Waals surface area contributed by atoms with Crippen molar-refractivity contribution < 1.29 is 13.9 Å². The van der Waals surface area contributed by atoms with Gasteiger partial charge in [-0.25, -0.2) is 0 Å². The molecule has 28 heavy (non-hydrogen) atoms. The zero-order valence-corrected chi connectivity index (χ0v) is 16.3. The Bertz CT molecular complexity index is 925. The molecule has 0 amide bonds. The Morgan fingerprint density at radius 2 is 1.64 bits per heavy atom. The van der Waals surface area contributed by atoms with Crippen molar-refractivity contribution in [3.63, 3.8) is 0 Å². The van der Waals surface area contributed by atoms with Crippen LogP contribution in [-0.4, -0.2) is 32.1 Å². The fraction of sp³-hybridized carbons (Fsp3) is 0.261. The molecule has 1 aliphatic rings. The Labute approximate surface area is 169 Å². The zero-order chi connectivity index (χ0) is 19.3. The van der Waals surface area contributed by atoms with Gasteiger partial charge < -0.3 is 14.1 Å². The average Bonchev–Trinajstić information content (AvgIpc) is 3.22. The Balaban J connectivity index is 1.34. The number of hydrogen-bond acceptors (Lipinski definition) is 4. The maximum absolute atomic E-state index is 12.5. The lowest BCUT2D eigenvalue weighted by Gasteiger charge is -2.28. The smallest absolute Gasteiger partial charge is 0.163 e. The molecule has 0 bridgehead atoms. The molecule has 4 rings (SSSR count). The molecule has 1 aromatic heterocycles. The van der Waals surface area contributed by atoms with Crippen molar-refractivity contribution in [2.45, 2.75) is 12.8 Å². The number of rotatable bonds is 6. The van der Waals surface area contributed by atoms with Gasteiger partial charge in [0.25, 0.3) is 0 Å². The number of carbonyl (C=O) groups excluding carboxylic acids is 1. The lowest BCUT2D eigenvalue weighted by atomic mass is 10.1. The largest absolute Gasteiger partial charge is 0.461 e. The number of furan rings is 1. The molecule has 0 radical (unpaired) electrons. The molecule has 0 unspecified atom stereocenters. The van der Waals surface area contributed by atoms with Gasteiger partial charge in [0, 0.05) is 47.8 Å². The van der Waals surface area contributed by atoms with E-state index in [2.05, 4.69) is 4.90 Å². The molecule has 2 heterocycles. The minimum Gasteiger partial charge on any atom is -0.461 e. The zero-order valence-electron chi connectivity index (χ0n) is 15.6. The molecule has 2 aromatic carbocycles. The molecule has 1 aliphatic heterocycles. The van der Waals surface area contributed by atoms with Crippen molar-refractivity contribution in [2.75, 3.05) is 31.2 Å². The molecule has 0 spiro atoms. The van der Waals surface area contributed by atoms with Crippen LogP contribution in [-0.2, 0) is 11.2 Å². The van der Waals surface area contributed by atoms with Gasteiger partial charge in [-0.05, 0) is 60.7 Å². The maximum Gasteiger partial charge on any atom is 0.163 e. The molecule has 0 saturated carbocycles. The van der Waals surface area contributed by atoms with Crippen LogP contribution in [0.4, 0.5) is 5.69 Å². The molecule has 0 N–H and O–H groups in total. The fourth-order valence-corrected chi connectivity index (χ4v) is 3.47. The summed E-state index contributed by atoms with van der Waals surface area (Å²) in [6.07, 6.45) is 1.00. The number of nitrogens with zero attached hydrogens (tertiary/aromatic N) is 1. The van der Waals surface area contributed by atoms with E-state index in [4.69, 9.17) is 20.8 Å². The van der Waals surface area contributed by atoms with Crippen molar-refractivity contribution in [2.24, 2.45) is 0 Å². The van der Waals surface area contributed by atoms with Gasteiger partial charge >= 0.3 is 0 Å². The summed E-state index contributed by atoms with van der Waals surface area (Å²) in [6.45, 7) is 3.28. The first kappa shape index (κ1) is 18.8. The fourth-order valence-electron chi connectivity index (χ4n) is 3.34. The maximum atomic E-state index is 12.5. The number of halogens is 1. The number of benzene rings is 2. The van der Waals surface area contributed by atoms with Gasteiger partial charge in [-0.15, -0.1) is 0 Å². The molecule has 5 heteroatoms. The van der Waals surface area contributed by atoms with Crippen LogP contribution in [0, 0.1) is 0 Å². The number of morpholine rings is 1. The summed E-state index contributed by atoms with van der Waals surface area (Å²) in [5.41, 5.74) is 2.85. The van der Waals surface area contributed by atoms with Gasteiger partial charge in [0.1, 0.15) is 11.5 Å². The lowest BCUT2D eigenvalue weighted by Crippen LogP contribution is -2.36. The van der Waals surface area contributed by atoms with E-state index in [9.17, 15) is 4.79 Å². The van der Waals surface area contributed by atoms with E-state index < -0.39 is 0 Å². The molecule has 144 valence electrons. The van der Waals surface area contributed by atoms with E-state index in [-0.39, 0.29) is 5.78 Å². The highest BCUT2D eigenvalue weighted by Gasteiger charge is 2.13. The van der Waals surface area contributed by atoms with Gasteiger partial charge in [-0.1, -0.05) is 11.6 Å². The number of aryl methyl sites for hydroxylation is 1. The normalized spacial score (nSPS) is 14.2. The highest BCUT2D eigenvalue weighted by molar-refractivity contribution is 6.30. The summed E-state index contributed by atoms with van der Waals surface area (Å²) in [5.74, 6) is 1.72. The molecule has 4 nitrogen and oxygen atoms in total. The van der Waals surface area contributed by atoms with Crippen molar-refractivity contribution in [1.29, 1.82) is 0 Å². The third kappa shape index (κ3) is 4.46. The highest BCUT2D eigenvalue weighted by Crippen LogP contribution is 2.25. The summed E-state index contributed by atoms with van der Waals surface area (Å²) < 4.78 is 11.3. The van der Waals surface area contributed by atoms with Crippen LogP contribution in [0.5, 0.6) is 0 Å². The van der Waals surface area contributed by atoms with Crippen LogP contribution in [0.15, 0.2) is 65.1 Å². The molecule has 0 atom stereocenters. The van der Waals surface area contributed by atoms with E-state index in [1.165, 1.54) is 0 Å². The number of Topliss-reactive ketones (excluding diaryl/α,β-unsaturated/α-hetero) is 1. The predicted octanol–water partition coefficient (Wildman–Crippen LogP) is 5.25. The van der Waals surface area contributed by atoms with Crippen molar-refractivity contribution in [1.82, 2.24) is 0 Å². The second-order valence-corrected chi connectivity index (χ2v) is 7.28. The van der Waals surface area contributed by atoms with Gasteiger partial charge in [-0.2, -0.15) is 0 Å². The molecular formula is C23H22ClNO3. The van der Waals surface area contributed by atoms with E-state index >= 15 is 0 Å². The Kier molecular flexibility index (Phi) is 5.79. The third-order valence-corrected chi connectivity index (χ3v) is 5.21. The van der Waals surface area contributed by atoms with Gasteiger partial charge in [0.05, 0.1) is 13.2 Å². The summed E-state index contributed by atoms with van der Waals surface area (Å²) in [4.78, 5) is 14.8. The van der Waals surface area contributed by atoms with E-state index in [0.29, 0.717) is 17.9 Å². The van der Waals surface area contributed by atoms with Crippen molar-refractivity contribution in [3.05, 3.63) is 77.0 Å². The first-order chi connectivity index (χ1) is 13.7. The standard InChI is InChI=1S/C23H22ClNO3/c24-19-5-1-18(2-6-19)23-12-10-21(28-23)9-11-22(26)17-3-7-20(8-4-17)25-13-15-27-16-14-25/h1-8,10,12H,9,11,13-16H2. The summed E-state index contributed by atoms with van der Waals surface area (Å²) in [5, 5.41) is 0.695. The number of hydrogen-bond donors (Lipinski definition) is 0. The number of ketones is 1. The topological polar surface area (TPSA) is 42.7 Å². The first-order valence-corrected chi connectivity index (χ1v) is 9.87. The quantitative estimate of drug-likeness (QED) is 0.534. The van der Waals surface area contributed by atoms with Crippen LogP contribution >= 0.6 is 11.6 Å². The lowest BCUT2D eigenvalue weighted by molar-refractivity contribution is 0.0981. The number of ether oxygens (including phenoxy) is 1. The Hall–Kier alpha value is -2.56. The van der Waals surface area contributed by atoms with Crippen LogP contribution in [0.3, 0.4) is 0 Å². The summed E-state index contributed by atoms with van der Waals surface area (Å²) in [6, 6.07) is 19.2. The monoisotopic (exact) mass is 395 g/mol. The van der Waals surface area contributed by atoms with E-state index in [0.717, 1.165) is 54.6 Å². The average molecular weight is 396 g/mol. The SMILES string of the molecule is O=C(CCc1ccc(-c2ccc(Cl)cc2)o1)c1ccc(N2CCOCC2)cc1. The second kappa shape index (κ2) is 8.63. The molecular weight excluding hydrogens is 374 g/mol. The first-order valence-electron chi connectivity index (χ1n) is 9.50. The Morgan fingerprint density at radius 1 is 0.929 bits per heavy atom. The van der Waals surface area contributed by atoms with Crippen LogP contribution < -0.4 is 4.90 Å². The summed E-state index contributed by atoms with van der Waals surface area (Å²) >= 11 is 5.92. The molecule has 0 aliphatic carbocycles. The molecule has 1 saturated heterocycles. The van der Waals surface area contributed by atoms with Gasteiger partial charge in [0.2, 0.25) is 0 Å². The number of anilines is 1. The predicted molar refractivity (Wildman–Crippen MR) is 111 cm³/mol. The Morgan fingerprint density at radius 3 is 2.36 bits per heavy atom. The highest BCUT2D eigenvalue weighted by atomic mass is 35.5. The van der Waals surface area contributed by atoms with Gasteiger partial charge in [-0.3, -0.25) is 4.79 Å².